The predicted molar refractivity (Wildman–Crippen MR) is 96.0 cm³/mol. The molecule has 26 heavy (non-hydrogen) atoms. The van der Waals surface area contributed by atoms with Crippen LogP contribution in [0.1, 0.15) is 17.3 Å². The summed E-state index contributed by atoms with van der Waals surface area (Å²) in [5.74, 6) is -1.43. The third kappa shape index (κ3) is 3.97. The van der Waals surface area contributed by atoms with Crippen LogP contribution in [0, 0.1) is 5.82 Å². The number of hydrogen-bond donors (Lipinski definition) is 2. The van der Waals surface area contributed by atoms with Crippen molar-refractivity contribution in [1.82, 2.24) is 10.9 Å². The second-order valence-electron chi connectivity index (χ2n) is 5.69. The Balaban J connectivity index is 1.59. The second-order valence-corrected chi connectivity index (χ2v) is 5.69. The fraction of sp³-hybridized carbons (Fsp3) is 0.100. The molecule has 0 aliphatic heterocycles. The lowest BCUT2D eigenvalue weighted by Crippen LogP contribution is -2.47. The van der Waals surface area contributed by atoms with E-state index in [-0.39, 0.29) is 5.56 Å². The van der Waals surface area contributed by atoms with Gasteiger partial charge in [-0.25, -0.2) is 4.39 Å². The van der Waals surface area contributed by atoms with Crippen LogP contribution in [0.3, 0.4) is 0 Å². The Hall–Kier alpha value is -3.41. The third-order valence-corrected chi connectivity index (χ3v) is 3.82. The van der Waals surface area contributed by atoms with E-state index < -0.39 is 23.7 Å². The first-order chi connectivity index (χ1) is 12.5. The van der Waals surface area contributed by atoms with E-state index in [4.69, 9.17) is 4.74 Å². The zero-order valence-electron chi connectivity index (χ0n) is 14.0. The van der Waals surface area contributed by atoms with Crippen molar-refractivity contribution in [2.75, 3.05) is 0 Å². The van der Waals surface area contributed by atoms with Crippen LogP contribution < -0.4 is 15.6 Å². The summed E-state index contributed by atoms with van der Waals surface area (Å²) in [5, 5.41) is 2.06. The number of carbonyl (C=O) groups is 2. The summed E-state index contributed by atoms with van der Waals surface area (Å²) in [6, 6.07) is 18.8. The van der Waals surface area contributed by atoms with Crippen molar-refractivity contribution in [3.05, 3.63) is 78.1 Å². The molecule has 0 fully saturated rings. The largest absolute Gasteiger partial charge is 0.481 e. The third-order valence-electron chi connectivity index (χ3n) is 3.82. The van der Waals surface area contributed by atoms with Gasteiger partial charge in [-0.1, -0.05) is 42.5 Å². The average Bonchev–Trinajstić information content (AvgIpc) is 2.66. The molecule has 1 unspecified atom stereocenters. The van der Waals surface area contributed by atoms with Crippen LogP contribution in [0.15, 0.2) is 66.7 Å². The van der Waals surface area contributed by atoms with E-state index in [1.165, 1.54) is 24.3 Å². The zero-order valence-corrected chi connectivity index (χ0v) is 14.0. The topological polar surface area (TPSA) is 67.4 Å². The molecule has 0 aliphatic rings. The Labute approximate surface area is 149 Å². The summed E-state index contributed by atoms with van der Waals surface area (Å²) in [5.41, 5.74) is 4.26. The van der Waals surface area contributed by atoms with Gasteiger partial charge in [-0.05, 0) is 42.0 Å². The predicted octanol–water partition coefficient (Wildman–Crippen LogP) is 3.21. The molecule has 0 spiro atoms. The number of amides is 2. The van der Waals surface area contributed by atoms with E-state index in [1.807, 2.05) is 36.4 Å². The molecule has 132 valence electrons. The van der Waals surface area contributed by atoms with Crippen LogP contribution in [-0.2, 0) is 4.79 Å². The fourth-order valence-electron chi connectivity index (χ4n) is 2.43. The maximum absolute atomic E-state index is 13.5. The molecule has 0 aromatic heterocycles. The molecule has 2 amide bonds. The molecule has 3 aromatic carbocycles. The van der Waals surface area contributed by atoms with Crippen LogP contribution in [0.4, 0.5) is 4.39 Å². The molecular weight excluding hydrogens is 335 g/mol. The maximum atomic E-state index is 13.5. The number of benzene rings is 3. The molecule has 6 heteroatoms. The van der Waals surface area contributed by atoms with E-state index >= 15 is 0 Å². The Morgan fingerprint density at radius 1 is 0.923 bits per heavy atom. The quantitative estimate of drug-likeness (QED) is 0.709. The number of halogens is 1. The van der Waals surface area contributed by atoms with Crippen molar-refractivity contribution in [2.24, 2.45) is 0 Å². The van der Waals surface area contributed by atoms with Gasteiger partial charge in [0.25, 0.3) is 11.8 Å². The number of nitrogens with one attached hydrogen (secondary N) is 2. The van der Waals surface area contributed by atoms with Gasteiger partial charge >= 0.3 is 0 Å². The van der Waals surface area contributed by atoms with E-state index in [1.54, 1.807) is 13.0 Å². The Bertz CT molecular complexity index is 958. The SMILES string of the molecule is CC(Oc1ccc2ccccc2c1)C(=O)NNC(=O)c1ccccc1F. The van der Waals surface area contributed by atoms with E-state index in [0.717, 1.165) is 10.8 Å². The molecule has 0 saturated carbocycles. The average molecular weight is 352 g/mol. The lowest BCUT2D eigenvalue weighted by Gasteiger charge is -2.15. The monoisotopic (exact) mass is 352 g/mol. The highest BCUT2D eigenvalue weighted by Crippen LogP contribution is 2.21. The van der Waals surface area contributed by atoms with Crippen molar-refractivity contribution in [3.63, 3.8) is 0 Å². The minimum Gasteiger partial charge on any atom is -0.481 e. The van der Waals surface area contributed by atoms with Crippen LogP contribution in [0.25, 0.3) is 10.8 Å². The molecule has 5 nitrogen and oxygen atoms in total. The molecule has 0 radical (unpaired) electrons. The number of ether oxygens (including phenoxy) is 1. The van der Waals surface area contributed by atoms with Crippen molar-refractivity contribution in [3.8, 4) is 5.75 Å². The molecule has 0 aliphatic carbocycles. The number of hydrogen-bond acceptors (Lipinski definition) is 3. The first-order valence-corrected chi connectivity index (χ1v) is 8.05. The second kappa shape index (κ2) is 7.65. The van der Waals surface area contributed by atoms with Crippen molar-refractivity contribution >= 4 is 22.6 Å². The van der Waals surface area contributed by atoms with Crippen LogP contribution in [0.5, 0.6) is 5.75 Å². The fourth-order valence-corrected chi connectivity index (χ4v) is 2.43. The Kier molecular flexibility index (Phi) is 5.12. The summed E-state index contributed by atoms with van der Waals surface area (Å²) in [6.07, 6.45) is -0.850. The zero-order chi connectivity index (χ0) is 18.5. The first kappa shape index (κ1) is 17.4. The molecule has 0 bridgehead atoms. The standard InChI is InChI=1S/C20H17FN2O3/c1-13(26-16-11-10-14-6-2-3-7-15(14)12-16)19(24)22-23-20(25)17-8-4-5-9-18(17)21/h2-13H,1H3,(H,22,24)(H,23,25). The van der Waals surface area contributed by atoms with Crippen LogP contribution >= 0.6 is 0 Å². The minimum absolute atomic E-state index is 0.157. The highest BCUT2D eigenvalue weighted by Gasteiger charge is 2.17. The minimum atomic E-state index is -0.850. The van der Waals surface area contributed by atoms with E-state index in [2.05, 4.69) is 10.9 Å². The van der Waals surface area contributed by atoms with Gasteiger partial charge < -0.3 is 4.74 Å². The maximum Gasteiger partial charge on any atom is 0.279 e. The van der Waals surface area contributed by atoms with Crippen LogP contribution in [0.2, 0.25) is 0 Å². The summed E-state index contributed by atoms with van der Waals surface area (Å²) >= 11 is 0. The summed E-state index contributed by atoms with van der Waals surface area (Å²) < 4.78 is 19.1. The van der Waals surface area contributed by atoms with Gasteiger partial charge in [0.1, 0.15) is 11.6 Å². The number of carbonyl (C=O) groups excluding carboxylic acids is 2. The van der Waals surface area contributed by atoms with Crippen molar-refractivity contribution < 1.29 is 18.7 Å². The van der Waals surface area contributed by atoms with Gasteiger partial charge in [0.05, 0.1) is 5.56 Å². The molecule has 3 rings (SSSR count). The summed E-state index contributed by atoms with van der Waals surface area (Å²) in [6.45, 7) is 1.56. The van der Waals surface area contributed by atoms with Gasteiger partial charge in [0.2, 0.25) is 0 Å². The molecule has 0 saturated heterocycles. The summed E-state index contributed by atoms with van der Waals surface area (Å²) in [7, 11) is 0. The van der Waals surface area contributed by atoms with Crippen molar-refractivity contribution in [1.29, 1.82) is 0 Å². The molecule has 3 aromatic rings. The van der Waals surface area contributed by atoms with Gasteiger partial charge in [-0.15, -0.1) is 0 Å². The summed E-state index contributed by atoms with van der Waals surface area (Å²) in [4.78, 5) is 24.0. The molecule has 0 heterocycles. The number of rotatable bonds is 4. The van der Waals surface area contributed by atoms with E-state index in [9.17, 15) is 14.0 Å². The lowest BCUT2D eigenvalue weighted by atomic mass is 10.1. The van der Waals surface area contributed by atoms with Crippen LogP contribution in [-0.4, -0.2) is 17.9 Å². The number of hydrazine groups is 1. The van der Waals surface area contributed by atoms with Crippen molar-refractivity contribution in [2.45, 2.75) is 13.0 Å². The van der Waals surface area contributed by atoms with Gasteiger partial charge in [0.15, 0.2) is 6.10 Å². The number of fused-ring (bicyclic) bond motifs is 1. The highest BCUT2D eigenvalue weighted by atomic mass is 19.1. The highest BCUT2D eigenvalue weighted by molar-refractivity contribution is 5.96. The van der Waals surface area contributed by atoms with Gasteiger partial charge in [0, 0.05) is 0 Å². The van der Waals surface area contributed by atoms with E-state index in [0.29, 0.717) is 5.75 Å². The molecule has 2 N–H and O–H groups in total. The molecule has 1 atom stereocenters. The Morgan fingerprint density at radius 3 is 2.38 bits per heavy atom. The Morgan fingerprint density at radius 2 is 1.62 bits per heavy atom. The normalized spacial score (nSPS) is 11.6. The first-order valence-electron chi connectivity index (χ1n) is 8.05. The van der Waals surface area contributed by atoms with Gasteiger partial charge in [-0.2, -0.15) is 0 Å². The molecular formula is C20H17FN2O3. The smallest absolute Gasteiger partial charge is 0.279 e. The van der Waals surface area contributed by atoms with Gasteiger partial charge in [-0.3, -0.25) is 20.4 Å². The lowest BCUT2D eigenvalue weighted by molar-refractivity contribution is -0.128.